The zero-order valence-electron chi connectivity index (χ0n) is 10.2. The van der Waals surface area contributed by atoms with Crippen molar-refractivity contribution in [2.24, 2.45) is 0 Å². The summed E-state index contributed by atoms with van der Waals surface area (Å²) in [6, 6.07) is 3.98. The Morgan fingerprint density at radius 1 is 1.30 bits per heavy atom. The van der Waals surface area contributed by atoms with Crippen LogP contribution in [0.1, 0.15) is 17.8 Å². The van der Waals surface area contributed by atoms with Crippen LogP contribution in [0, 0.1) is 0 Å². The van der Waals surface area contributed by atoms with Gasteiger partial charge < -0.3 is 10.1 Å². The zero-order chi connectivity index (χ0) is 14.1. The summed E-state index contributed by atoms with van der Waals surface area (Å²) in [5.74, 6) is 0.470. The molecule has 1 N–H and O–H groups in total. The summed E-state index contributed by atoms with van der Waals surface area (Å²) in [6.45, 7) is 0.723. The van der Waals surface area contributed by atoms with Crippen LogP contribution in [0.15, 0.2) is 16.6 Å². The predicted molar refractivity (Wildman–Crippen MR) is 84.0 cm³/mol. The van der Waals surface area contributed by atoms with E-state index in [9.17, 15) is 0 Å². The number of hydrogen-bond acceptors (Lipinski definition) is 5. The van der Waals surface area contributed by atoms with Crippen LogP contribution in [0.2, 0.25) is 10.0 Å². The van der Waals surface area contributed by atoms with E-state index in [1.54, 1.807) is 12.1 Å². The average Bonchev–Trinajstić information content (AvgIpc) is 3.14. The van der Waals surface area contributed by atoms with E-state index in [2.05, 4.69) is 31.4 Å². The van der Waals surface area contributed by atoms with Gasteiger partial charge in [-0.3, -0.25) is 0 Å². The van der Waals surface area contributed by atoms with Gasteiger partial charge in [0.1, 0.15) is 5.01 Å². The van der Waals surface area contributed by atoms with E-state index in [-0.39, 0.29) is 0 Å². The molecule has 1 saturated carbocycles. The number of aromatic nitrogens is 2. The third-order valence-corrected chi connectivity index (χ3v) is 5.03. The Kier molecular flexibility index (Phi) is 4.47. The monoisotopic (exact) mass is 393 g/mol. The van der Waals surface area contributed by atoms with Crippen molar-refractivity contribution in [2.45, 2.75) is 25.4 Å². The van der Waals surface area contributed by atoms with Crippen LogP contribution in [-0.2, 0) is 6.54 Å². The van der Waals surface area contributed by atoms with Crippen molar-refractivity contribution >= 4 is 50.5 Å². The Morgan fingerprint density at radius 2 is 2.10 bits per heavy atom. The Hall–Kier alpha value is -0.400. The molecule has 1 heterocycles. The van der Waals surface area contributed by atoms with E-state index in [0.717, 1.165) is 16.0 Å². The van der Waals surface area contributed by atoms with Crippen molar-refractivity contribution in [1.82, 2.24) is 15.5 Å². The minimum atomic E-state index is 0.456. The van der Waals surface area contributed by atoms with Crippen molar-refractivity contribution in [2.75, 3.05) is 0 Å². The summed E-state index contributed by atoms with van der Waals surface area (Å²) < 4.78 is 6.35. The molecule has 1 aromatic heterocycles. The smallest absolute Gasteiger partial charge is 0.299 e. The zero-order valence-corrected chi connectivity index (χ0v) is 14.1. The van der Waals surface area contributed by atoms with Crippen LogP contribution < -0.4 is 10.1 Å². The maximum absolute atomic E-state index is 6.10. The number of benzene rings is 1. The molecule has 0 atom stereocenters. The topological polar surface area (TPSA) is 47.0 Å². The van der Waals surface area contributed by atoms with E-state index in [4.69, 9.17) is 27.9 Å². The van der Waals surface area contributed by atoms with E-state index in [0.29, 0.717) is 27.0 Å². The van der Waals surface area contributed by atoms with Gasteiger partial charge in [0.25, 0.3) is 5.19 Å². The van der Waals surface area contributed by atoms with E-state index in [1.807, 2.05) is 0 Å². The number of ether oxygens (including phenoxy) is 1. The SMILES string of the molecule is Clc1cc(Oc2nnc(CNC3CC3)s2)c(Cl)cc1Br. The third kappa shape index (κ3) is 3.62. The molecule has 1 fully saturated rings. The number of nitrogens with zero attached hydrogens (tertiary/aromatic N) is 2. The molecule has 0 saturated heterocycles. The lowest BCUT2D eigenvalue weighted by atomic mass is 10.3. The van der Waals surface area contributed by atoms with Crippen LogP contribution in [-0.4, -0.2) is 16.2 Å². The molecule has 0 amide bonds. The summed E-state index contributed by atoms with van der Waals surface area (Å²) in [5, 5.41) is 13.8. The highest BCUT2D eigenvalue weighted by molar-refractivity contribution is 9.10. The molecule has 1 aliphatic rings. The van der Waals surface area contributed by atoms with Gasteiger partial charge in [-0.05, 0) is 34.8 Å². The number of rotatable bonds is 5. The molecule has 0 unspecified atom stereocenters. The van der Waals surface area contributed by atoms with Gasteiger partial charge in [-0.25, -0.2) is 0 Å². The molecule has 1 aromatic carbocycles. The minimum absolute atomic E-state index is 0.456. The molecule has 0 radical (unpaired) electrons. The lowest BCUT2D eigenvalue weighted by Crippen LogP contribution is -2.14. The minimum Gasteiger partial charge on any atom is -0.428 e. The first kappa shape index (κ1) is 14.5. The maximum Gasteiger partial charge on any atom is 0.299 e. The van der Waals surface area contributed by atoms with E-state index < -0.39 is 0 Å². The van der Waals surface area contributed by atoms with Gasteiger partial charge in [-0.2, -0.15) is 0 Å². The molecule has 1 aliphatic carbocycles. The van der Waals surface area contributed by atoms with Gasteiger partial charge in [-0.1, -0.05) is 39.6 Å². The van der Waals surface area contributed by atoms with Gasteiger partial charge in [0.15, 0.2) is 5.75 Å². The molecule has 0 aliphatic heterocycles. The predicted octanol–water partition coefficient (Wildman–Crippen LogP) is 4.65. The van der Waals surface area contributed by atoms with Crippen LogP contribution >= 0.6 is 50.5 Å². The van der Waals surface area contributed by atoms with Crippen molar-refractivity contribution in [3.63, 3.8) is 0 Å². The molecule has 8 heteroatoms. The molecular formula is C12H10BrCl2N3OS. The summed E-state index contributed by atoms with van der Waals surface area (Å²) in [6.07, 6.45) is 2.49. The lowest BCUT2D eigenvalue weighted by Gasteiger charge is -2.05. The van der Waals surface area contributed by atoms with Crippen LogP contribution in [0.4, 0.5) is 0 Å². The van der Waals surface area contributed by atoms with Crippen molar-refractivity contribution in [1.29, 1.82) is 0 Å². The number of nitrogens with one attached hydrogen (secondary N) is 1. The number of halogens is 3. The van der Waals surface area contributed by atoms with E-state index in [1.165, 1.54) is 24.2 Å². The Bertz CT molecular complexity index is 633. The molecule has 3 rings (SSSR count). The fraction of sp³-hybridized carbons (Fsp3) is 0.333. The Labute approximate surface area is 138 Å². The Balaban J connectivity index is 1.69. The first-order valence-corrected chi connectivity index (χ1v) is 8.36. The second-order valence-corrected chi connectivity index (χ2v) is 7.11. The van der Waals surface area contributed by atoms with Crippen LogP contribution in [0.3, 0.4) is 0 Å². The quantitative estimate of drug-likeness (QED) is 0.749. The summed E-state index contributed by atoms with van der Waals surface area (Å²) in [4.78, 5) is 0. The second kappa shape index (κ2) is 6.15. The number of hydrogen-bond donors (Lipinski definition) is 1. The fourth-order valence-corrected chi connectivity index (χ4v) is 3.03. The van der Waals surface area contributed by atoms with Gasteiger partial charge in [0.2, 0.25) is 0 Å². The molecule has 20 heavy (non-hydrogen) atoms. The highest BCUT2D eigenvalue weighted by atomic mass is 79.9. The lowest BCUT2D eigenvalue weighted by molar-refractivity contribution is 0.473. The van der Waals surface area contributed by atoms with E-state index >= 15 is 0 Å². The van der Waals surface area contributed by atoms with Gasteiger partial charge in [0.05, 0.1) is 16.6 Å². The fourth-order valence-electron chi connectivity index (χ4n) is 1.55. The second-order valence-electron chi connectivity index (χ2n) is 4.42. The maximum atomic E-state index is 6.10. The Morgan fingerprint density at radius 3 is 2.85 bits per heavy atom. The highest BCUT2D eigenvalue weighted by Gasteiger charge is 2.21. The third-order valence-electron chi connectivity index (χ3n) is 2.74. The largest absolute Gasteiger partial charge is 0.428 e. The molecule has 0 bridgehead atoms. The summed E-state index contributed by atoms with van der Waals surface area (Å²) in [5.41, 5.74) is 0. The van der Waals surface area contributed by atoms with Crippen molar-refractivity contribution < 1.29 is 4.74 Å². The molecule has 2 aromatic rings. The van der Waals surface area contributed by atoms with Crippen LogP contribution in [0.5, 0.6) is 10.9 Å². The standard InChI is InChI=1S/C12H10BrCl2N3OS/c13-7-3-9(15)10(4-8(7)14)19-12-18-17-11(20-12)5-16-6-1-2-6/h3-4,6,16H,1-2,5H2. The van der Waals surface area contributed by atoms with Gasteiger partial charge in [0, 0.05) is 16.6 Å². The summed E-state index contributed by atoms with van der Waals surface area (Å²) in [7, 11) is 0. The summed E-state index contributed by atoms with van der Waals surface area (Å²) >= 11 is 16.8. The molecule has 106 valence electrons. The van der Waals surface area contributed by atoms with Crippen LogP contribution in [0.25, 0.3) is 0 Å². The molecule has 0 spiro atoms. The molecular weight excluding hydrogens is 385 g/mol. The van der Waals surface area contributed by atoms with Gasteiger partial charge >= 0.3 is 0 Å². The first-order valence-electron chi connectivity index (χ1n) is 6.00. The first-order chi connectivity index (χ1) is 9.61. The average molecular weight is 395 g/mol. The van der Waals surface area contributed by atoms with Crippen molar-refractivity contribution in [3.05, 3.63) is 31.7 Å². The normalized spacial score (nSPS) is 14.6. The van der Waals surface area contributed by atoms with Gasteiger partial charge in [-0.15, -0.1) is 5.10 Å². The van der Waals surface area contributed by atoms with Crippen molar-refractivity contribution in [3.8, 4) is 10.9 Å². The highest BCUT2D eigenvalue weighted by Crippen LogP contribution is 2.37. The molecule has 4 nitrogen and oxygen atoms in total.